The molecule has 148 valence electrons. The molecular weight excluding hydrogens is 401 g/mol. The number of nitrogens with zero attached hydrogens (tertiary/aromatic N) is 3. The largest absolute Gasteiger partial charge is 0.416 e. The first-order valence-electron chi connectivity index (χ1n) is 8.65. The van der Waals surface area contributed by atoms with E-state index in [1.807, 2.05) is 31.2 Å². The molecule has 0 amide bonds. The summed E-state index contributed by atoms with van der Waals surface area (Å²) in [6, 6.07) is 12.6. The summed E-state index contributed by atoms with van der Waals surface area (Å²) >= 11 is 1.24. The SMILES string of the molecule is Cc1ccc(-n2ncc3c(=O)[nH]c(SCc4ccc(C(F)(F)F)cc4)nc32)cc1. The first-order chi connectivity index (χ1) is 13.8. The lowest BCUT2D eigenvalue weighted by Crippen LogP contribution is -2.09. The summed E-state index contributed by atoms with van der Waals surface area (Å²) in [4.78, 5) is 19.6. The third-order valence-corrected chi connectivity index (χ3v) is 5.30. The van der Waals surface area contributed by atoms with Crippen LogP contribution in [0.2, 0.25) is 0 Å². The van der Waals surface area contributed by atoms with Gasteiger partial charge in [0.25, 0.3) is 5.56 Å². The van der Waals surface area contributed by atoms with Crippen LogP contribution in [0.3, 0.4) is 0 Å². The molecule has 0 unspecified atom stereocenters. The summed E-state index contributed by atoms with van der Waals surface area (Å²) in [5, 5.41) is 5.00. The van der Waals surface area contributed by atoms with Gasteiger partial charge in [0.2, 0.25) is 0 Å². The van der Waals surface area contributed by atoms with Crippen LogP contribution in [0.5, 0.6) is 0 Å². The third kappa shape index (κ3) is 4.04. The standard InChI is InChI=1S/C20H15F3N4OS/c1-12-2-8-15(9-3-12)27-17-16(10-24-27)18(28)26-19(25-17)29-11-13-4-6-14(7-5-13)20(21,22)23/h2-10H,11H2,1H3,(H,25,26,28). The molecule has 0 atom stereocenters. The van der Waals surface area contributed by atoms with E-state index in [1.165, 1.54) is 30.1 Å². The van der Waals surface area contributed by atoms with E-state index in [1.54, 1.807) is 4.68 Å². The highest BCUT2D eigenvalue weighted by Gasteiger charge is 2.29. The summed E-state index contributed by atoms with van der Waals surface area (Å²) in [5.41, 5.74) is 1.99. The van der Waals surface area contributed by atoms with E-state index in [4.69, 9.17) is 0 Å². The quantitative estimate of drug-likeness (QED) is 0.386. The number of thioether (sulfide) groups is 1. The Morgan fingerprint density at radius 2 is 1.76 bits per heavy atom. The summed E-state index contributed by atoms with van der Waals surface area (Å²) in [5.74, 6) is 0.366. The molecule has 29 heavy (non-hydrogen) atoms. The van der Waals surface area contributed by atoms with Crippen LogP contribution in [0.15, 0.2) is 64.7 Å². The molecule has 1 N–H and O–H groups in total. The molecule has 0 fully saturated rings. The molecule has 2 aromatic carbocycles. The average Bonchev–Trinajstić information content (AvgIpc) is 3.11. The predicted octanol–water partition coefficient (Wildman–Crippen LogP) is 4.73. The first-order valence-corrected chi connectivity index (χ1v) is 9.64. The number of halogens is 3. The van der Waals surface area contributed by atoms with Gasteiger partial charge in [0.15, 0.2) is 10.8 Å². The molecule has 4 rings (SSSR count). The fourth-order valence-corrected chi connectivity index (χ4v) is 3.59. The van der Waals surface area contributed by atoms with Crippen LogP contribution in [0, 0.1) is 6.92 Å². The highest BCUT2D eigenvalue weighted by molar-refractivity contribution is 7.98. The molecule has 2 aromatic heterocycles. The van der Waals surface area contributed by atoms with Gasteiger partial charge in [0, 0.05) is 5.75 Å². The molecular formula is C20H15F3N4OS. The number of nitrogens with one attached hydrogen (secondary N) is 1. The third-order valence-electron chi connectivity index (χ3n) is 4.35. The van der Waals surface area contributed by atoms with E-state index in [0.717, 1.165) is 23.4 Å². The van der Waals surface area contributed by atoms with E-state index in [-0.39, 0.29) is 5.56 Å². The van der Waals surface area contributed by atoms with Crippen molar-refractivity contribution in [3.8, 4) is 5.69 Å². The van der Waals surface area contributed by atoms with Gasteiger partial charge in [-0.1, -0.05) is 41.6 Å². The Morgan fingerprint density at radius 1 is 1.07 bits per heavy atom. The first kappa shape index (κ1) is 19.3. The van der Waals surface area contributed by atoms with Crippen molar-refractivity contribution in [2.45, 2.75) is 24.0 Å². The van der Waals surface area contributed by atoms with Gasteiger partial charge in [-0.25, -0.2) is 9.67 Å². The van der Waals surface area contributed by atoms with Gasteiger partial charge >= 0.3 is 6.18 Å². The summed E-state index contributed by atoms with van der Waals surface area (Å²) in [7, 11) is 0. The molecule has 0 saturated carbocycles. The number of aryl methyl sites for hydroxylation is 1. The van der Waals surface area contributed by atoms with Crippen LogP contribution in [-0.2, 0) is 11.9 Å². The zero-order valence-electron chi connectivity index (χ0n) is 15.2. The summed E-state index contributed by atoms with van der Waals surface area (Å²) in [6.45, 7) is 1.98. The van der Waals surface area contributed by atoms with Crippen LogP contribution < -0.4 is 5.56 Å². The van der Waals surface area contributed by atoms with Crippen LogP contribution in [-0.4, -0.2) is 19.7 Å². The number of rotatable bonds is 4. The topological polar surface area (TPSA) is 63.6 Å². The molecule has 4 aromatic rings. The van der Waals surface area contributed by atoms with Crippen molar-refractivity contribution in [3.05, 3.63) is 81.8 Å². The molecule has 9 heteroatoms. The van der Waals surface area contributed by atoms with Crippen molar-refractivity contribution in [3.63, 3.8) is 0 Å². The Labute approximate surface area is 167 Å². The zero-order valence-corrected chi connectivity index (χ0v) is 16.0. The summed E-state index contributed by atoms with van der Waals surface area (Å²) < 4.78 is 39.6. The Hall–Kier alpha value is -3.07. The van der Waals surface area contributed by atoms with E-state index in [0.29, 0.717) is 27.5 Å². The number of H-pyrrole nitrogens is 1. The maximum atomic E-state index is 12.7. The van der Waals surface area contributed by atoms with Gasteiger partial charge in [0.1, 0.15) is 5.39 Å². The van der Waals surface area contributed by atoms with Gasteiger partial charge < -0.3 is 4.98 Å². The predicted molar refractivity (Wildman–Crippen MR) is 105 cm³/mol. The van der Waals surface area contributed by atoms with Crippen molar-refractivity contribution in [2.24, 2.45) is 0 Å². The number of aromatic nitrogens is 4. The number of benzene rings is 2. The number of fused-ring (bicyclic) bond motifs is 1. The van der Waals surface area contributed by atoms with E-state index >= 15 is 0 Å². The molecule has 2 heterocycles. The van der Waals surface area contributed by atoms with Crippen molar-refractivity contribution in [1.82, 2.24) is 19.7 Å². The number of alkyl halides is 3. The van der Waals surface area contributed by atoms with Crippen LogP contribution in [0.1, 0.15) is 16.7 Å². The van der Waals surface area contributed by atoms with E-state index in [9.17, 15) is 18.0 Å². The van der Waals surface area contributed by atoms with Crippen molar-refractivity contribution in [2.75, 3.05) is 0 Å². The molecule has 0 radical (unpaired) electrons. The van der Waals surface area contributed by atoms with Crippen molar-refractivity contribution >= 4 is 22.8 Å². The van der Waals surface area contributed by atoms with Crippen LogP contribution in [0.4, 0.5) is 13.2 Å². The van der Waals surface area contributed by atoms with Gasteiger partial charge in [0.05, 0.1) is 17.4 Å². The smallest absolute Gasteiger partial charge is 0.301 e. The van der Waals surface area contributed by atoms with Gasteiger partial charge in [-0.05, 0) is 36.8 Å². The highest BCUT2D eigenvalue weighted by atomic mass is 32.2. The minimum atomic E-state index is -4.36. The maximum absolute atomic E-state index is 12.7. The maximum Gasteiger partial charge on any atom is 0.416 e. The molecule has 0 aliphatic heterocycles. The Kier molecular flexibility index (Phi) is 4.91. The normalized spacial score (nSPS) is 11.9. The molecule has 5 nitrogen and oxygen atoms in total. The minimum absolute atomic E-state index is 0.316. The van der Waals surface area contributed by atoms with Crippen LogP contribution in [0.25, 0.3) is 16.7 Å². The fourth-order valence-electron chi connectivity index (χ4n) is 2.78. The summed E-state index contributed by atoms with van der Waals surface area (Å²) in [6.07, 6.45) is -2.90. The lowest BCUT2D eigenvalue weighted by Gasteiger charge is -2.08. The van der Waals surface area contributed by atoms with Gasteiger partial charge in [-0.3, -0.25) is 4.79 Å². The van der Waals surface area contributed by atoms with Crippen molar-refractivity contribution in [1.29, 1.82) is 0 Å². The second-order valence-electron chi connectivity index (χ2n) is 6.48. The zero-order chi connectivity index (χ0) is 20.6. The number of hydrogen-bond donors (Lipinski definition) is 1. The highest BCUT2D eigenvalue weighted by Crippen LogP contribution is 2.30. The molecule has 0 spiro atoms. The Bertz CT molecular complexity index is 1210. The van der Waals surface area contributed by atoms with E-state index < -0.39 is 11.7 Å². The lowest BCUT2D eigenvalue weighted by atomic mass is 10.1. The van der Waals surface area contributed by atoms with E-state index in [2.05, 4.69) is 15.1 Å². The molecule has 0 bridgehead atoms. The second-order valence-corrected chi connectivity index (χ2v) is 7.45. The van der Waals surface area contributed by atoms with Gasteiger partial charge in [-0.15, -0.1) is 0 Å². The second kappa shape index (κ2) is 7.40. The Morgan fingerprint density at radius 3 is 2.41 bits per heavy atom. The Balaban J connectivity index is 1.60. The molecule has 0 aliphatic carbocycles. The monoisotopic (exact) mass is 416 g/mol. The molecule has 0 aliphatic rings. The number of aromatic amines is 1. The lowest BCUT2D eigenvalue weighted by molar-refractivity contribution is -0.137. The fraction of sp³-hybridized carbons (Fsp3) is 0.150. The molecule has 0 saturated heterocycles. The minimum Gasteiger partial charge on any atom is -0.301 e. The average molecular weight is 416 g/mol. The van der Waals surface area contributed by atoms with Crippen molar-refractivity contribution < 1.29 is 13.2 Å². The van der Waals surface area contributed by atoms with Gasteiger partial charge in [-0.2, -0.15) is 18.3 Å². The number of hydrogen-bond acceptors (Lipinski definition) is 4. The van der Waals surface area contributed by atoms with Crippen LogP contribution >= 0.6 is 11.8 Å².